The number of aliphatic hydroxyl groups excluding tert-OH is 2. The highest BCUT2D eigenvalue weighted by Gasteiger charge is 2.41. The molecule has 3 unspecified atom stereocenters. The molecule has 6 rings (SSSR count). The van der Waals surface area contributed by atoms with Gasteiger partial charge in [-0.1, -0.05) is 60.7 Å². The molecule has 0 saturated carbocycles. The molecule has 4 fully saturated rings. The quantitative estimate of drug-likeness (QED) is 0.456. The van der Waals surface area contributed by atoms with E-state index in [-0.39, 0.29) is 37.4 Å². The third-order valence-corrected chi connectivity index (χ3v) is 10.0. The molecule has 4 aliphatic rings. The largest absolute Gasteiger partial charge is 0.462 e. The van der Waals surface area contributed by atoms with Crippen molar-refractivity contribution in [2.75, 3.05) is 27.3 Å². The number of benzene rings is 2. The average molecular weight is 579 g/mol. The molecule has 8 heteroatoms. The van der Waals surface area contributed by atoms with Gasteiger partial charge in [0.15, 0.2) is 0 Å². The van der Waals surface area contributed by atoms with Crippen molar-refractivity contribution in [3.8, 4) is 0 Å². The molecule has 2 aromatic carbocycles. The van der Waals surface area contributed by atoms with Gasteiger partial charge in [0.25, 0.3) is 0 Å². The molecule has 4 aliphatic heterocycles. The number of hydrogen-bond acceptors (Lipinski definition) is 8. The van der Waals surface area contributed by atoms with Crippen molar-refractivity contribution in [2.24, 2.45) is 0 Å². The lowest BCUT2D eigenvalue weighted by Gasteiger charge is -2.36. The van der Waals surface area contributed by atoms with Crippen LogP contribution in [0, 0.1) is 0 Å². The summed E-state index contributed by atoms with van der Waals surface area (Å²) >= 11 is 0. The second-order valence-corrected chi connectivity index (χ2v) is 12.5. The van der Waals surface area contributed by atoms with E-state index in [2.05, 4.69) is 23.9 Å². The Balaban J connectivity index is 0.000000168. The Bertz CT molecular complexity index is 1040. The first-order chi connectivity index (χ1) is 20.4. The lowest BCUT2D eigenvalue weighted by molar-refractivity contribution is -0.156. The summed E-state index contributed by atoms with van der Waals surface area (Å²) in [5.74, 6) is -1.72. The van der Waals surface area contributed by atoms with Crippen molar-refractivity contribution in [1.29, 1.82) is 0 Å². The Morgan fingerprint density at radius 1 is 0.643 bits per heavy atom. The second kappa shape index (κ2) is 14.1. The highest BCUT2D eigenvalue weighted by atomic mass is 16.5. The minimum atomic E-state index is -0.566. The fraction of sp³-hybridized carbons (Fsp3) is 0.588. The summed E-state index contributed by atoms with van der Waals surface area (Å²) in [6, 6.07) is 20.9. The minimum absolute atomic E-state index is 0.00367. The first-order valence-electron chi connectivity index (χ1n) is 15.5. The molecule has 0 spiro atoms. The number of ether oxygens (including phenoxy) is 2. The van der Waals surface area contributed by atoms with Gasteiger partial charge in [-0.2, -0.15) is 0 Å². The van der Waals surface area contributed by atoms with E-state index < -0.39 is 11.8 Å². The van der Waals surface area contributed by atoms with E-state index in [1.807, 2.05) is 60.7 Å². The van der Waals surface area contributed by atoms with E-state index in [1.54, 1.807) is 0 Å². The average Bonchev–Trinajstić information content (AvgIpc) is 3.32. The number of carbonyl (C=O) groups is 2. The SMILES string of the molecule is CN1[C@@H]2CC[C@H]1CC(OC(=O)C(CO)c1ccccc1)C2.CN1[C@@H]2CC[C@H]1CC(OC(=O)[C@H](CO)c1ccccc1)C2. The topological polar surface area (TPSA) is 99.5 Å². The number of carbonyl (C=O) groups excluding carboxylic acids is 2. The van der Waals surface area contributed by atoms with E-state index in [9.17, 15) is 19.8 Å². The first kappa shape index (κ1) is 30.7. The zero-order chi connectivity index (χ0) is 29.6. The van der Waals surface area contributed by atoms with Gasteiger partial charge in [0.2, 0.25) is 0 Å². The molecule has 4 saturated heterocycles. The highest BCUT2D eigenvalue weighted by Crippen LogP contribution is 2.37. The smallest absolute Gasteiger partial charge is 0.316 e. The number of nitrogens with zero attached hydrogens (tertiary/aromatic N) is 2. The second-order valence-electron chi connectivity index (χ2n) is 12.5. The Hall–Kier alpha value is -2.78. The molecule has 0 radical (unpaired) electrons. The lowest BCUT2D eigenvalue weighted by atomic mass is 9.98. The van der Waals surface area contributed by atoms with Gasteiger partial charge in [0.1, 0.15) is 24.0 Å². The fourth-order valence-electron chi connectivity index (χ4n) is 7.41. The molecule has 8 nitrogen and oxygen atoms in total. The van der Waals surface area contributed by atoms with Gasteiger partial charge >= 0.3 is 11.9 Å². The van der Waals surface area contributed by atoms with Crippen molar-refractivity contribution < 1.29 is 29.3 Å². The molecule has 2 aromatic rings. The van der Waals surface area contributed by atoms with Crippen LogP contribution in [0.3, 0.4) is 0 Å². The Labute approximate surface area is 249 Å². The number of hydrogen-bond donors (Lipinski definition) is 2. The molecule has 42 heavy (non-hydrogen) atoms. The van der Waals surface area contributed by atoms with Gasteiger partial charge in [0, 0.05) is 24.2 Å². The molecule has 8 atom stereocenters. The van der Waals surface area contributed by atoms with Crippen LogP contribution in [0.4, 0.5) is 0 Å². The van der Waals surface area contributed by atoms with Crippen molar-refractivity contribution in [3.63, 3.8) is 0 Å². The van der Waals surface area contributed by atoms with Crippen LogP contribution < -0.4 is 0 Å². The van der Waals surface area contributed by atoms with E-state index in [0.29, 0.717) is 24.2 Å². The normalized spacial score (nSPS) is 30.1. The molecule has 4 heterocycles. The van der Waals surface area contributed by atoms with Crippen LogP contribution in [0.25, 0.3) is 0 Å². The lowest BCUT2D eigenvalue weighted by Crippen LogP contribution is -2.43. The van der Waals surface area contributed by atoms with Crippen LogP contribution in [0.1, 0.15) is 74.3 Å². The van der Waals surface area contributed by atoms with Crippen LogP contribution in [-0.2, 0) is 19.1 Å². The monoisotopic (exact) mass is 578 g/mol. The van der Waals surface area contributed by atoms with Gasteiger partial charge in [-0.05, 0) is 76.6 Å². The summed E-state index contributed by atoms with van der Waals surface area (Å²) in [7, 11) is 4.34. The Morgan fingerprint density at radius 2 is 0.952 bits per heavy atom. The van der Waals surface area contributed by atoms with Crippen molar-refractivity contribution in [3.05, 3.63) is 71.8 Å². The third kappa shape index (κ3) is 7.05. The number of rotatable bonds is 8. The van der Waals surface area contributed by atoms with E-state index >= 15 is 0 Å². The standard InChI is InChI=1S/2C17H23NO3/c2*1-18-13-7-8-14(18)10-15(9-13)21-17(20)16(11-19)12-5-3-2-4-6-12/h2*2-6,13-16,19H,7-11H2,1H3/t13-,14+,15?,16?;13-,14+,15?,16-/m.1/s1. The molecular formula is C34H46N2O6. The van der Waals surface area contributed by atoms with Crippen LogP contribution in [0.2, 0.25) is 0 Å². The van der Waals surface area contributed by atoms with Gasteiger partial charge < -0.3 is 29.5 Å². The Morgan fingerprint density at radius 3 is 1.24 bits per heavy atom. The van der Waals surface area contributed by atoms with Gasteiger partial charge in [-0.3, -0.25) is 9.59 Å². The molecule has 0 aliphatic carbocycles. The molecule has 2 N–H and O–H groups in total. The molecule has 228 valence electrons. The molecule has 0 amide bonds. The van der Waals surface area contributed by atoms with Crippen LogP contribution in [-0.4, -0.2) is 95.6 Å². The summed E-state index contributed by atoms with van der Waals surface area (Å²) < 4.78 is 11.4. The molecule has 0 aromatic heterocycles. The predicted octanol–water partition coefficient (Wildman–Crippen LogP) is 3.86. The number of piperidine rings is 2. The van der Waals surface area contributed by atoms with Gasteiger partial charge in [0.05, 0.1) is 13.2 Å². The maximum Gasteiger partial charge on any atom is 0.316 e. The van der Waals surface area contributed by atoms with Gasteiger partial charge in [-0.15, -0.1) is 0 Å². The van der Waals surface area contributed by atoms with E-state index in [0.717, 1.165) is 36.8 Å². The van der Waals surface area contributed by atoms with Crippen LogP contribution >= 0.6 is 0 Å². The van der Waals surface area contributed by atoms with Crippen LogP contribution in [0.5, 0.6) is 0 Å². The zero-order valence-corrected chi connectivity index (χ0v) is 24.9. The summed E-state index contributed by atoms with van der Waals surface area (Å²) in [6.07, 6.45) is 8.52. The number of fused-ring (bicyclic) bond motifs is 4. The maximum atomic E-state index is 12.4. The van der Waals surface area contributed by atoms with Crippen LogP contribution in [0.15, 0.2) is 60.7 Å². The summed E-state index contributed by atoms with van der Waals surface area (Å²) in [5, 5.41) is 19.1. The minimum Gasteiger partial charge on any atom is -0.462 e. The van der Waals surface area contributed by atoms with Crippen molar-refractivity contribution in [2.45, 2.75) is 99.6 Å². The number of esters is 2. The third-order valence-electron chi connectivity index (χ3n) is 10.0. The van der Waals surface area contributed by atoms with Gasteiger partial charge in [-0.25, -0.2) is 0 Å². The zero-order valence-electron chi connectivity index (χ0n) is 24.9. The molecular weight excluding hydrogens is 532 g/mol. The van der Waals surface area contributed by atoms with Crippen molar-refractivity contribution in [1.82, 2.24) is 9.80 Å². The fourth-order valence-corrected chi connectivity index (χ4v) is 7.41. The Kier molecular flexibility index (Phi) is 10.3. The predicted molar refractivity (Wildman–Crippen MR) is 160 cm³/mol. The first-order valence-corrected chi connectivity index (χ1v) is 15.5. The summed E-state index contributed by atoms with van der Waals surface area (Å²) in [4.78, 5) is 29.6. The molecule has 4 bridgehead atoms. The maximum absolute atomic E-state index is 12.4. The summed E-state index contributed by atoms with van der Waals surface area (Å²) in [5.41, 5.74) is 1.64. The van der Waals surface area contributed by atoms with Crippen molar-refractivity contribution >= 4 is 11.9 Å². The van der Waals surface area contributed by atoms with E-state index in [1.165, 1.54) is 25.7 Å². The van der Waals surface area contributed by atoms with E-state index in [4.69, 9.17) is 9.47 Å². The summed E-state index contributed by atoms with van der Waals surface area (Å²) in [6.45, 7) is -0.412. The number of aliphatic hydroxyl groups is 2. The highest BCUT2D eigenvalue weighted by molar-refractivity contribution is 5.79.